The van der Waals surface area contributed by atoms with Gasteiger partial charge in [-0.3, -0.25) is 9.59 Å². The Kier molecular flexibility index (Phi) is 3.23. The highest BCUT2D eigenvalue weighted by Gasteiger charge is 2.61. The second-order valence-electron chi connectivity index (χ2n) is 8.64. The molecule has 0 heterocycles. The number of fused-ring (bicyclic) bond motifs is 4. The van der Waals surface area contributed by atoms with E-state index in [4.69, 9.17) is 0 Å². The van der Waals surface area contributed by atoms with Crippen molar-refractivity contribution in [2.24, 2.45) is 34.2 Å². The second kappa shape index (κ2) is 4.87. The lowest BCUT2D eigenvalue weighted by molar-refractivity contribution is -0.544. The number of carbonyl (C=O) groups excluding carboxylic acids is 2. The van der Waals surface area contributed by atoms with Crippen LogP contribution in [0, 0.1) is 34.3 Å². The smallest absolute Gasteiger partial charge is 0.181 e. The van der Waals surface area contributed by atoms with Crippen LogP contribution in [0.5, 0.6) is 0 Å². The first-order valence-electron chi connectivity index (χ1n) is 9.07. The van der Waals surface area contributed by atoms with Crippen molar-refractivity contribution in [1.82, 2.24) is 0 Å². The highest BCUT2D eigenvalue weighted by molar-refractivity contribution is 5.85. The lowest BCUT2D eigenvalue weighted by Crippen LogP contribution is -2.59. The minimum absolute atomic E-state index is 0.000276. The van der Waals surface area contributed by atoms with Crippen LogP contribution < -0.4 is 0 Å². The molecule has 4 saturated carbocycles. The van der Waals surface area contributed by atoms with Gasteiger partial charge < -0.3 is 5.21 Å². The molecule has 4 bridgehead atoms. The van der Waals surface area contributed by atoms with E-state index in [1.165, 1.54) is 0 Å². The first-order chi connectivity index (χ1) is 10.8. The number of azo groups is 1. The Labute approximate surface area is 137 Å². The van der Waals surface area contributed by atoms with Crippen molar-refractivity contribution in [3.8, 4) is 0 Å². The van der Waals surface area contributed by atoms with Gasteiger partial charge in [-0.05, 0) is 55.0 Å². The average molecular weight is 318 g/mol. The zero-order chi connectivity index (χ0) is 16.4. The summed E-state index contributed by atoms with van der Waals surface area (Å²) < 4.78 is 0. The lowest BCUT2D eigenvalue weighted by atomic mass is 9.46. The summed E-state index contributed by atoms with van der Waals surface area (Å²) in [5, 5.41) is 16.7. The fourth-order valence-electron chi connectivity index (χ4n) is 5.78. The molecule has 0 spiro atoms. The van der Waals surface area contributed by atoms with Gasteiger partial charge in [0, 0.05) is 31.1 Å². The van der Waals surface area contributed by atoms with Gasteiger partial charge in [-0.15, -0.1) is 0 Å². The molecule has 4 aliphatic carbocycles. The van der Waals surface area contributed by atoms with E-state index >= 15 is 0 Å². The second-order valence-corrected chi connectivity index (χ2v) is 8.64. The molecule has 0 aromatic heterocycles. The van der Waals surface area contributed by atoms with Crippen LogP contribution in [0.3, 0.4) is 0 Å². The predicted octanol–water partition coefficient (Wildman–Crippen LogP) is 3.10. The van der Waals surface area contributed by atoms with Gasteiger partial charge in [-0.1, -0.05) is 11.8 Å². The first kappa shape index (κ1) is 15.3. The van der Waals surface area contributed by atoms with E-state index in [1.54, 1.807) is 0 Å². The van der Waals surface area contributed by atoms with Crippen LogP contribution in [0.1, 0.15) is 58.8 Å². The van der Waals surface area contributed by atoms with Gasteiger partial charge in [0.25, 0.3) is 0 Å². The van der Waals surface area contributed by atoms with Gasteiger partial charge in [0.15, 0.2) is 6.54 Å². The van der Waals surface area contributed by atoms with E-state index in [9.17, 15) is 14.8 Å². The van der Waals surface area contributed by atoms with Crippen molar-refractivity contribution >= 4 is 11.6 Å². The van der Waals surface area contributed by atoms with E-state index in [1.807, 2.05) is 6.92 Å². The number of hydrogen-bond acceptors (Lipinski definition) is 4. The van der Waals surface area contributed by atoms with Crippen LogP contribution >= 0.6 is 0 Å². The largest absolute Gasteiger partial charge is 0.600 e. The zero-order valence-corrected chi connectivity index (χ0v) is 14.1. The summed E-state index contributed by atoms with van der Waals surface area (Å²) in [4.78, 5) is 24.8. The summed E-state index contributed by atoms with van der Waals surface area (Å²) >= 11 is 0. The molecule has 0 N–H and O–H groups in total. The van der Waals surface area contributed by atoms with Crippen molar-refractivity contribution in [2.75, 3.05) is 6.54 Å². The normalized spacial score (nSPS) is 48.7. The van der Waals surface area contributed by atoms with Crippen LogP contribution in [-0.4, -0.2) is 28.5 Å². The molecular weight excluding hydrogens is 292 g/mol. The van der Waals surface area contributed by atoms with Gasteiger partial charge in [-0.25, -0.2) is 0 Å². The first-order valence-corrected chi connectivity index (χ1v) is 9.07. The molecule has 4 rings (SSSR count). The van der Waals surface area contributed by atoms with Crippen LogP contribution in [0.15, 0.2) is 5.11 Å². The van der Waals surface area contributed by atoms with E-state index in [0.29, 0.717) is 30.6 Å². The van der Waals surface area contributed by atoms with Crippen molar-refractivity contribution in [3.63, 3.8) is 0 Å². The maximum absolute atomic E-state index is 12.3. The number of hydroxylamine groups is 1. The number of nitrogens with zero attached hydrogens (tertiary/aromatic N) is 2. The van der Waals surface area contributed by atoms with Gasteiger partial charge in [-0.2, -0.15) is 0 Å². The van der Waals surface area contributed by atoms with Crippen molar-refractivity contribution in [3.05, 3.63) is 5.21 Å². The molecule has 4 aliphatic rings. The Morgan fingerprint density at radius 3 is 2.26 bits per heavy atom. The quantitative estimate of drug-likeness (QED) is 0.454. The highest BCUT2D eigenvalue weighted by Crippen LogP contribution is 2.60. The van der Waals surface area contributed by atoms with Crippen LogP contribution in [0.4, 0.5) is 0 Å². The fourth-order valence-corrected chi connectivity index (χ4v) is 5.78. The third kappa shape index (κ3) is 2.04. The molecule has 0 saturated heterocycles. The topological polar surface area (TPSA) is 72.6 Å². The molecule has 23 heavy (non-hydrogen) atoms. The standard InChI is InChI=1S/C18H26N2O3/c1-17(11-3-5-15(21)13(17)9-11)7-8-20(23)19-18(2)12-4-6-16(22)14(18)10-12/h11-14H,3-10H2,1-2H3/t11-,12+,13-,14+,17-,18+/m0/s1. The van der Waals surface area contributed by atoms with Crippen LogP contribution in [-0.2, 0) is 9.59 Å². The van der Waals surface area contributed by atoms with Crippen molar-refractivity contribution < 1.29 is 14.4 Å². The van der Waals surface area contributed by atoms with Crippen molar-refractivity contribution in [2.45, 2.75) is 64.3 Å². The number of carbonyl (C=O) groups is 2. The molecule has 5 heteroatoms. The minimum atomic E-state index is -0.469. The molecule has 4 fully saturated rings. The Bertz CT molecular complexity index is 597. The maximum Gasteiger partial charge on any atom is 0.181 e. The van der Waals surface area contributed by atoms with Crippen LogP contribution in [0.2, 0.25) is 0 Å². The third-order valence-electron chi connectivity index (χ3n) is 7.73. The number of rotatable bonds is 4. The summed E-state index contributed by atoms with van der Waals surface area (Å²) in [6.07, 6.45) is 5.89. The third-order valence-corrected chi connectivity index (χ3v) is 7.73. The molecule has 5 nitrogen and oxygen atoms in total. The predicted molar refractivity (Wildman–Crippen MR) is 83.7 cm³/mol. The molecule has 0 aromatic rings. The summed E-state index contributed by atoms with van der Waals surface area (Å²) in [5.41, 5.74) is -0.469. The maximum atomic E-state index is 12.3. The van der Waals surface area contributed by atoms with Gasteiger partial charge >= 0.3 is 0 Å². The van der Waals surface area contributed by atoms with E-state index in [0.717, 1.165) is 43.4 Å². The van der Waals surface area contributed by atoms with E-state index in [2.05, 4.69) is 12.0 Å². The fraction of sp³-hybridized carbons (Fsp3) is 0.889. The Morgan fingerprint density at radius 2 is 1.70 bits per heavy atom. The molecule has 0 unspecified atom stereocenters. The summed E-state index contributed by atoms with van der Waals surface area (Å²) in [6, 6.07) is 0. The summed E-state index contributed by atoms with van der Waals surface area (Å²) in [6.45, 7) is 4.48. The number of hydrogen-bond donors (Lipinski definition) is 0. The van der Waals surface area contributed by atoms with Gasteiger partial charge in [0.2, 0.25) is 0 Å². The highest BCUT2D eigenvalue weighted by atomic mass is 16.5. The van der Waals surface area contributed by atoms with Gasteiger partial charge in [0.05, 0.1) is 0 Å². The molecule has 126 valence electrons. The summed E-state index contributed by atoms with van der Waals surface area (Å²) in [7, 11) is 0. The molecule has 6 atom stereocenters. The molecular formula is C18H26N2O3. The number of Topliss-reactive ketones (excluding diaryl/α,β-unsaturated/α-hetero) is 2. The Morgan fingerprint density at radius 1 is 1.09 bits per heavy atom. The SMILES string of the molecule is C[C@]1(CC[N+]([O-])=N[C@]2(C)[C@@H]3CCC(=O)[C@H]2C3)[C@H]2CCC(=O)[C@@H]1C2. The Balaban J connectivity index is 1.42. The molecule has 0 aromatic carbocycles. The zero-order valence-electron chi connectivity index (χ0n) is 14.1. The molecule has 0 radical (unpaired) electrons. The minimum Gasteiger partial charge on any atom is -0.600 e. The van der Waals surface area contributed by atoms with Crippen molar-refractivity contribution in [1.29, 1.82) is 0 Å². The number of ketones is 2. The van der Waals surface area contributed by atoms with Crippen LogP contribution in [0.25, 0.3) is 0 Å². The molecule has 0 aliphatic heterocycles. The molecule has 0 amide bonds. The lowest BCUT2D eigenvalue weighted by Gasteiger charge is -2.57. The average Bonchev–Trinajstić information content (AvgIpc) is 2.51. The Hall–Kier alpha value is -1.26. The monoisotopic (exact) mass is 318 g/mol. The van der Waals surface area contributed by atoms with E-state index < -0.39 is 5.54 Å². The summed E-state index contributed by atoms with van der Waals surface area (Å²) in [5.74, 6) is 1.77. The van der Waals surface area contributed by atoms with E-state index in [-0.39, 0.29) is 23.0 Å². The van der Waals surface area contributed by atoms with Gasteiger partial charge in [0.1, 0.15) is 17.1 Å².